The zero-order valence-electron chi connectivity index (χ0n) is 15.1. The van der Waals surface area contributed by atoms with E-state index in [9.17, 15) is 18.3 Å². The van der Waals surface area contributed by atoms with Crippen LogP contribution in [0.3, 0.4) is 0 Å². The summed E-state index contributed by atoms with van der Waals surface area (Å²) in [5.74, 6) is -0.499. The topological polar surface area (TPSA) is 122 Å². The minimum Gasteiger partial charge on any atom is -0.486 e. The van der Waals surface area contributed by atoms with E-state index in [1.54, 1.807) is 6.07 Å². The lowest BCUT2D eigenvalue weighted by Crippen LogP contribution is -2.49. The fourth-order valence-electron chi connectivity index (χ4n) is 3.24. The minimum absolute atomic E-state index is 0.0492. The largest absolute Gasteiger partial charge is 0.486 e. The Morgan fingerprint density at radius 3 is 2.48 bits per heavy atom. The Kier molecular flexibility index (Phi) is 5.19. The summed E-state index contributed by atoms with van der Waals surface area (Å²) in [7, 11) is -3.92. The average Bonchev–Trinajstić information content (AvgIpc) is 2.73. The molecule has 154 valence electrons. The van der Waals surface area contributed by atoms with Crippen molar-refractivity contribution < 1.29 is 27.8 Å². The highest BCUT2D eigenvalue weighted by atomic mass is 35.5. The van der Waals surface area contributed by atoms with Crippen molar-refractivity contribution >= 4 is 33.4 Å². The molecule has 4 rings (SSSR count). The number of piperazine rings is 1. The lowest BCUT2D eigenvalue weighted by atomic mass is 10.2. The molecular formula is C17H17ClN4O6S. The molecule has 3 heterocycles. The Labute approximate surface area is 171 Å². The van der Waals surface area contributed by atoms with Crippen molar-refractivity contribution in [2.24, 2.45) is 0 Å². The average molecular weight is 441 g/mol. The lowest BCUT2D eigenvalue weighted by molar-refractivity contribution is 0.0685. The summed E-state index contributed by atoms with van der Waals surface area (Å²) in [6, 6.07) is 4.04. The van der Waals surface area contributed by atoms with Gasteiger partial charge in [-0.25, -0.2) is 23.2 Å². The number of aromatic carboxylic acids is 1. The van der Waals surface area contributed by atoms with Gasteiger partial charge in [-0.15, -0.1) is 0 Å². The molecule has 1 N–H and O–H groups in total. The molecule has 2 aliphatic heterocycles. The smallest absolute Gasteiger partial charge is 0.339 e. The van der Waals surface area contributed by atoms with E-state index in [1.807, 2.05) is 4.90 Å². The van der Waals surface area contributed by atoms with Crippen LogP contribution < -0.4 is 14.4 Å². The van der Waals surface area contributed by atoms with E-state index < -0.39 is 16.0 Å². The Morgan fingerprint density at radius 1 is 1.07 bits per heavy atom. The van der Waals surface area contributed by atoms with Gasteiger partial charge in [-0.3, -0.25) is 0 Å². The number of hydrogen-bond acceptors (Lipinski definition) is 8. The SMILES string of the molecule is O=C(O)c1cc(S(=O)(=O)N2CCN(c3cc(Cl)ncn3)CC2)cc2c1OCCO2. The van der Waals surface area contributed by atoms with E-state index in [1.165, 1.54) is 16.7 Å². The van der Waals surface area contributed by atoms with Gasteiger partial charge in [0.2, 0.25) is 10.0 Å². The molecule has 0 radical (unpaired) electrons. The molecule has 29 heavy (non-hydrogen) atoms. The number of benzene rings is 1. The van der Waals surface area contributed by atoms with Crippen molar-refractivity contribution in [2.45, 2.75) is 4.90 Å². The number of carboxylic acids is 1. The highest BCUT2D eigenvalue weighted by Gasteiger charge is 2.32. The number of sulfonamides is 1. The van der Waals surface area contributed by atoms with Crippen LogP contribution >= 0.6 is 11.6 Å². The van der Waals surface area contributed by atoms with Gasteiger partial charge < -0.3 is 19.5 Å². The zero-order chi connectivity index (χ0) is 20.6. The number of halogens is 1. The van der Waals surface area contributed by atoms with Gasteiger partial charge in [0.25, 0.3) is 0 Å². The van der Waals surface area contributed by atoms with Crippen LogP contribution in [0.4, 0.5) is 5.82 Å². The molecule has 2 aromatic rings. The van der Waals surface area contributed by atoms with Gasteiger partial charge in [-0.05, 0) is 6.07 Å². The number of carboxylic acid groups (broad SMARTS) is 1. The Balaban J connectivity index is 1.58. The summed E-state index contributed by atoms with van der Waals surface area (Å²) in [6.07, 6.45) is 1.35. The van der Waals surface area contributed by atoms with Crippen LogP contribution in [0.15, 0.2) is 29.4 Å². The van der Waals surface area contributed by atoms with E-state index in [0.717, 1.165) is 6.07 Å². The Morgan fingerprint density at radius 2 is 1.79 bits per heavy atom. The predicted octanol–water partition coefficient (Wildman–Crippen LogP) is 1.11. The van der Waals surface area contributed by atoms with Gasteiger partial charge in [0.05, 0.1) is 4.90 Å². The van der Waals surface area contributed by atoms with Crippen LogP contribution in [0.1, 0.15) is 10.4 Å². The number of hydrogen-bond donors (Lipinski definition) is 1. The molecule has 10 nitrogen and oxygen atoms in total. The molecule has 1 fully saturated rings. The molecule has 0 atom stereocenters. The van der Waals surface area contributed by atoms with Gasteiger partial charge in [-0.2, -0.15) is 4.31 Å². The second kappa shape index (κ2) is 7.65. The summed E-state index contributed by atoms with van der Waals surface area (Å²) >= 11 is 5.89. The van der Waals surface area contributed by atoms with Crippen molar-refractivity contribution in [3.05, 3.63) is 35.2 Å². The number of nitrogens with zero attached hydrogens (tertiary/aromatic N) is 4. The highest BCUT2D eigenvalue weighted by molar-refractivity contribution is 7.89. The van der Waals surface area contributed by atoms with Gasteiger partial charge in [0, 0.05) is 38.3 Å². The highest BCUT2D eigenvalue weighted by Crippen LogP contribution is 2.37. The van der Waals surface area contributed by atoms with Crippen molar-refractivity contribution in [3.8, 4) is 11.5 Å². The molecule has 1 saturated heterocycles. The van der Waals surface area contributed by atoms with Gasteiger partial charge in [-0.1, -0.05) is 11.6 Å². The summed E-state index contributed by atoms with van der Waals surface area (Å²) in [5.41, 5.74) is -0.241. The van der Waals surface area contributed by atoms with Crippen LogP contribution in [0.25, 0.3) is 0 Å². The van der Waals surface area contributed by atoms with Crippen LogP contribution in [-0.4, -0.2) is 73.2 Å². The van der Waals surface area contributed by atoms with Gasteiger partial charge >= 0.3 is 5.97 Å². The van der Waals surface area contributed by atoms with Gasteiger partial charge in [0.1, 0.15) is 36.1 Å². The first-order valence-electron chi connectivity index (χ1n) is 8.76. The molecule has 0 unspecified atom stereocenters. The van der Waals surface area contributed by atoms with Crippen LogP contribution in [-0.2, 0) is 10.0 Å². The van der Waals surface area contributed by atoms with E-state index in [4.69, 9.17) is 21.1 Å². The van der Waals surface area contributed by atoms with Crippen LogP contribution in [0, 0.1) is 0 Å². The standard InChI is InChI=1S/C17H17ClN4O6S/c18-14-9-15(20-10-19-14)21-1-3-22(4-2-21)29(25,26)11-7-12(17(23)24)16-13(8-11)27-5-6-28-16/h7-10H,1-6H2,(H,23,24). The lowest BCUT2D eigenvalue weighted by Gasteiger charge is -2.34. The molecule has 0 saturated carbocycles. The van der Waals surface area contributed by atoms with Crippen molar-refractivity contribution in [1.29, 1.82) is 0 Å². The normalized spacial score (nSPS) is 17.2. The maximum Gasteiger partial charge on any atom is 0.339 e. The maximum atomic E-state index is 13.1. The minimum atomic E-state index is -3.92. The predicted molar refractivity (Wildman–Crippen MR) is 102 cm³/mol. The number of fused-ring (bicyclic) bond motifs is 1. The second-order valence-corrected chi connectivity index (χ2v) is 8.72. The summed E-state index contributed by atoms with van der Waals surface area (Å²) in [4.78, 5) is 21.3. The van der Waals surface area contributed by atoms with Crippen molar-refractivity contribution in [3.63, 3.8) is 0 Å². The molecular weight excluding hydrogens is 424 g/mol. The Bertz CT molecular complexity index is 1060. The number of rotatable bonds is 4. The third-order valence-corrected chi connectivity index (χ3v) is 6.75. The summed E-state index contributed by atoms with van der Waals surface area (Å²) in [5, 5.41) is 9.76. The van der Waals surface area contributed by atoms with Gasteiger partial charge in [0.15, 0.2) is 11.5 Å². The van der Waals surface area contributed by atoms with E-state index in [2.05, 4.69) is 9.97 Å². The number of aromatic nitrogens is 2. The molecule has 1 aromatic carbocycles. The molecule has 0 bridgehead atoms. The Hall–Kier alpha value is -2.63. The zero-order valence-corrected chi connectivity index (χ0v) is 16.7. The van der Waals surface area contributed by atoms with E-state index >= 15 is 0 Å². The molecule has 0 spiro atoms. The first-order valence-corrected chi connectivity index (χ1v) is 10.6. The molecule has 0 aliphatic carbocycles. The number of anilines is 1. The number of ether oxygens (including phenoxy) is 2. The maximum absolute atomic E-state index is 13.1. The fourth-order valence-corrected chi connectivity index (χ4v) is 4.85. The summed E-state index contributed by atoms with van der Waals surface area (Å²) < 4.78 is 38.3. The third-order valence-electron chi connectivity index (χ3n) is 4.67. The third kappa shape index (κ3) is 3.80. The first-order chi connectivity index (χ1) is 13.9. The monoisotopic (exact) mass is 440 g/mol. The van der Waals surface area contributed by atoms with Crippen molar-refractivity contribution in [2.75, 3.05) is 44.3 Å². The van der Waals surface area contributed by atoms with Crippen molar-refractivity contribution in [1.82, 2.24) is 14.3 Å². The first kappa shape index (κ1) is 19.7. The fraction of sp³-hybridized carbons (Fsp3) is 0.353. The summed E-state index contributed by atoms with van der Waals surface area (Å²) in [6.45, 7) is 1.65. The quantitative estimate of drug-likeness (QED) is 0.696. The number of carbonyl (C=O) groups is 1. The van der Waals surface area contributed by atoms with E-state index in [-0.39, 0.29) is 48.3 Å². The second-order valence-electron chi connectivity index (χ2n) is 6.39. The molecule has 12 heteroatoms. The molecule has 2 aliphatic rings. The van der Waals surface area contributed by atoms with E-state index in [0.29, 0.717) is 24.1 Å². The molecule has 1 aromatic heterocycles. The van der Waals surface area contributed by atoms with Crippen LogP contribution in [0.5, 0.6) is 11.5 Å². The van der Waals surface area contributed by atoms with Crippen LogP contribution in [0.2, 0.25) is 5.15 Å². The molecule has 0 amide bonds.